The van der Waals surface area contributed by atoms with Gasteiger partial charge in [-0.2, -0.15) is 0 Å². The minimum absolute atomic E-state index is 0.0172. The lowest BCUT2D eigenvalue weighted by atomic mass is 10.1. The number of carbonyl (C=O) groups excluding carboxylic acids is 1. The van der Waals surface area contributed by atoms with E-state index in [1.54, 1.807) is 12.1 Å². The fourth-order valence-corrected chi connectivity index (χ4v) is 1.97. The average molecular weight is 336 g/mol. The number of hydrogen-bond acceptors (Lipinski definition) is 5. The summed E-state index contributed by atoms with van der Waals surface area (Å²) in [5.74, 6) is -0.430. The molecule has 0 radical (unpaired) electrons. The second-order valence-electron chi connectivity index (χ2n) is 5.85. The molecular formula is C17H21FN2O4. The van der Waals surface area contributed by atoms with Gasteiger partial charge in [0.25, 0.3) is 5.91 Å². The first-order valence-corrected chi connectivity index (χ1v) is 7.73. The molecule has 0 saturated heterocycles. The highest BCUT2D eigenvalue weighted by Crippen LogP contribution is 2.23. The monoisotopic (exact) mass is 336 g/mol. The summed E-state index contributed by atoms with van der Waals surface area (Å²) in [5, 5.41) is 15.9. The van der Waals surface area contributed by atoms with E-state index in [1.807, 2.05) is 13.8 Å². The standard InChI is InChI=1S/C17H21FN2O4/c1-11(2)9-23-10-12(21)8-19-17(22)15-7-16(24-20-15)13-5-3-4-6-14(13)18/h3-7,11-12,21H,8-10H2,1-2H3,(H,19,22). The van der Waals surface area contributed by atoms with Gasteiger partial charge in [0.1, 0.15) is 5.82 Å². The predicted molar refractivity (Wildman–Crippen MR) is 85.9 cm³/mol. The van der Waals surface area contributed by atoms with Gasteiger partial charge < -0.3 is 19.7 Å². The van der Waals surface area contributed by atoms with Crippen molar-refractivity contribution in [3.8, 4) is 11.3 Å². The normalized spacial score (nSPS) is 12.4. The number of nitrogens with zero attached hydrogens (tertiary/aromatic N) is 1. The van der Waals surface area contributed by atoms with Crippen LogP contribution in [0.25, 0.3) is 11.3 Å². The van der Waals surface area contributed by atoms with Crippen molar-refractivity contribution >= 4 is 5.91 Å². The first kappa shape index (κ1) is 18.1. The van der Waals surface area contributed by atoms with E-state index in [9.17, 15) is 14.3 Å². The smallest absolute Gasteiger partial charge is 0.273 e. The number of aromatic nitrogens is 1. The number of rotatable bonds is 8. The zero-order valence-corrected chi connectivity index (χ0v) is 13.7. The lowest BCUT2D eigenvalue weighted by Crippen LogP contribution is -2.35. The third-order valence-electron chi connectivity index (χ3n) is 3.14. The molecule has 0 aliphatic heterocycles. The number of aliphatic hydroxyl groups is 1. The van der Waals surface area contributed by atoms with Crippen molar-refractivity contribution in [2.24, 2.45) is 5.92 Å². The van der Waals surface area contributed by atoms with Crippen molar-refractivity contribution in [1.82, 2.24) is 10.5 Å². The molecule has 0 aliphatic carbocycles. The highest BCUT2D eigenvalue weighted by Gasteiger charge is 2.16. The SMILES string of the molecule is CC(C)COCC(O)CNC(=O)c1cc(-c2ccccc2F)on1. The number of aliphatic hydroxyl groups excluding tert-OH is 1. The van der Waals surface area contributed by atoms with Crippen molar-refractivity contribution in [1.29, 1.82) is 0 Å². The van der Waals surface area contributed by atoms with Crippen LogP contribution >= 0.6 is 0 Å². The zero-order chi connectivity index (χ0) is 17.5. The second kappa shape index (κ2) is 8.56. The summed E-state index contributed by atoms with van der Waals surface area (Å²) in [7, 11) is 0. The van der Waals surface area contributed by atoms with E-state index in [0.717, 1.165) is 0 Å². The van der Waals surface area contributed by atoms with Crippen LogP contribution in [0.2, 0.25) is 0 Å². The molecule has 0 spiro atoms. The average Bonchev–Trinajstić information content (AvgIpc) is 3.02. The summed E-state index contributed by atoms with van der Waals surface area (Å²) in [6, 6.07) is 7.41. The highest BCUT2D eigenvalue weighted by molar-refractivity contribution is 5.93. The lowest BCUT2D eigenvalue weighted by molar-refractivity contribution is 0.0258. The van der Waals surface area contributed by atoms with E-state index in [-0.39, 0.29) is 30.2 Å². The van der Waals surface area contributed by atoms with Gasteiger partial charge in [-0.15, -0.1) is 0 Å². The van der Waals surface area contributed by atoms with Gasteiger partial charge >= 0.3 is 0 Å². The number of benzene rings is 1. The fourth-order valence-electron chi connectivity index (χ4n) is 1.97. The van der Waals surface area contributed by atoms with Crippen LogP contribution in [-0.2, 0) is 4.74 Å². The summed E-state index contributed by atoms with van der Waals surface area (Å²) in [4.78, 5) is 12.0. The fraction of sp³-hybridized carbons (Fsp3) is 0.412. The Morgan fingerprint density at radius 1 is 1.38 bits per heavy atom. The molecule has 0 saturated carbocycles. The Bertz CT molecular complexity index is 672. The predicted octanol–water partition coefficient (Wildman–Crippen LogP) is 2.24. The molecule has 1 aromatic carbocycles. The molecular weight excluding hydrogens is 315 g/mol. The summed E-state index contributed by atoms with van der Waals surface area (Å²) >= 11 is 0. The molecule has 2 rings (SSSR count). The highest BCUT2D eigenvalue weighted by atomic mass is 19.1. The van der Waals surface area contributed by atoms with E-state index < -0.39 is 17.8 Å². The summed E-state index contributed by atoms with van der Waals surface area (Å²) in [5.41, 5.74) is 0.245. The molecule has 2 aromatic rings. The molecule has 24 heavy (non-hydrogen) atoms. The molecule has 7 heteroatoms. The minimum atomic E-state index is -0.814. The first-order valence-electron chi connectivity index (χ1n) is 7.73. The molecule has 6 nitrogen and oxygen atoms in total. The Morgan fingerprint density at radius 2 is 2.12 bits per heavy atom. The van der Waals surface area contributed by atoms with E-state index in [2.05, 4.69) is 10.5 Å². The number of halogens is 1. The number of nitrogens with one attached hydrogen (secondary N) is 1. The van der Waals surface area contributed by atoms with Crippen LogP contribution in [0.1, 0.15) is 24.3 Å². The van der Waals surface area contributed by atoms with Crippen molar-refractivity contribution < 1.29 is 23.6 Å². The van der Waals surface area contributed by atoms with E-state index in [0.29, 0.717) is 12.5 Å². The third kappa shape index (κ3) is 5.14. The molecule has 1 aromatic heterocycles. The Kier molecular flexibility index (Phi) is 6.45. The zero-order valence-electron chi connectivity index (χ0n) is 13.7. The van der Waals surface area contributed by atoms with Crippen LogP contribution < -0.4 is 5.32 Å². The Balaban J connectivity index is 1.86. The van der Waals surface area contributed by atoms with Crippen molar-refractivity contribution in [3.63, 3.8) is 0 Å². The molecule has 1 unspecified atom stereocenters. The van der Waals surface area contributed by atoms with Gasteiger partial charge in [-0.25, -0.2) is 4.39 Å². The summed E-state index contributed by atoms with van der Waals surface area (Å²) in [6.07, 6.45) is -0.814. The molecule has 2 N–H and O–H groups in total. The van der Waals surface area contributed by atoms with Crippen molar-refractivity contribution in [2.45, 2.75) is 20.0 Å². The van der Waals surface area contributed by atoms with Crippen LogP contribution in [0.15, 0.2) is 34.9 Å². The molecule has 0 aliphatic rings. The van der Waals surface area contributed by atoms with Crippen molar-refractivity contribution in [2.75, 3.05) is 19.8 Å². The van der Waals surface area contributed by atoms with E-state index in [1.165, 1.54) is 18.2 Å². The maximum absolute atomic E-state index is 13.7. The second-order valence-corrected chi connectivity index (χ2v) is 5.85. The molecule has 1 atom stereocenters. The van der Waals surface area contributed by atoms with Crippen LogP contribution in [-0.4, -0.2) is 42.0 Å². The van der Waals surface area contributed by atoms with Crippen LogP contribution in [0.3, 0.4) is 0 Å². The maximum Gasteiger partial charge on any atom is 0.273 e. The summed E-state index contributed by atoms with van der Waals surface area (Å²) < 4.78 is 24.0. The number of carbonyl (C=O) groups is 1. The number of hydrogen-bond donors (Lipinski definition) is 2. The van der Waals surface area contributed by atoms with Gasteiger partial charge in [0.15, 0.2) is 11.5 Å². The van der Waals surface area contributed by atoms with Crippen LogP contribution in [0.5, 0.6) is 0 Å². The van der Waals surface area contributed by atoms with E-state index >= 15 is 0 Å². The van der Waals surface area contributed by atoms with Gasteiger partial charge in [0.05, 0.1) is 18.3 Å². The first-order chi connectivity index (χ1) is 11.5. The van der Waals surface area contributed by atoms with Crippen LogP contribution in [0, 0.1) is 11.7 Å². The van der Waals surface area contributed by atoms with Gasteiger partial charge in [-0.3, -0.25) is 4.79 Å². The molecule has 0 fully saturated rings. The molecule has 1 heterocycles. The quantitative estimate of drug-likeness (QED) is 0.772. The van der Waals surface area contributed by atoms with Gasteiger partial charge in [0, 0.05) is 19.2 Å². The van der Waals surface area contributed by atoms with E-state index in [4.69, 9.17) is 9.26 Å². The lowest BCUT2D eigenvalue weighted by Gasteiger charge is -2.12. The number of amides is 1. The largest absolute Gasteiger partial charge is 0.389 e. The summed E-state index contributed by atoms with van der Waals surface area (Å²) in [6.45, 7) is 4.72. The van der Waals surface area contributed by atoms with Gasteiger partial charge in [-0.1, -0.05) is 31.1 Å². The third-order valence-corrected chi connectivity index (χ3v) is 3.14. The number of ether oxygens (including phenoxy) is 1. The minimum Gasteiger partial charge on any atom is -0.389 e. The molecule has 130 valence electrons. The van der Waals surface area contributed by atoms with Gasteiger partial charge in [-0.05, 0) is 18.1 Å². The topological polar surface area (TPSA) is 84.6 Å². The van der Waals surface area contributed by atoms with Crippen molar-refractivity contribution in [3.05, 3.63) is 41.8 Å². The Labute approximate surface area is 139 Å². The molecule has 1 amide bonds. The Hall–Kier alpha value is -2.25. The van der Waals surface area contributed by atoms with Gasteiger partial charge in [0.2, 0.25) is 0 Å². The maximum atomic E-state index is 13.7. The Morgan fingerprint density at radius 3 is 2.83 bits per heavy atom. The van der Waals surface area contributed by atoms with Crippen LogP contribution in [0.4, 0.5) is 4.39 Å². The molecule has 0 bridgehead atoms.